The fourth-order valence-corrected chi connectivity index (χ4v) is 8.42. The van der Waals surface area contributed by atoms with Gasteiger partial charge in [0, 0.05) is 55.8 Å². The summed E-state index contributed by atoms with van der Waals surface area (Å²) in [4.78, 5) is 41.2. The second kappa shape index (κ2) is 11.0. The van der Waals surface area contributed by atoms with Gasteiger partial charge in [-0.3, -0.25) is 9.59 Å². The maximum absolute atomic E-state index is 13.8. The summed E-state index contributed by atoms with van der Waals surface area (Å²) in [6, 6.07) is 13.5. The molecule has 0 saturated carbocycles. The lowest BCUT2D eigenvalue weighted by molar-refractivity contribution is -0.136. The lowest BCUT2D eigenvalue weighted by atomic mass is 9.86. The molecule has 2 N–H and O–H groups in total. The third-order valence-corrected chi connectivity index (χ3v) is 11.1. The van der Waals surface area contributed by atoms with Crippen molar-refractivity contribution in [1.82, 2.24) is 4.90 Å². The zero-order chi connectivity index (χ0) is 27.9. The number of ether oxygens (including phenoxy) is 2. The third kappa shape index (κ3) is 5.37. The monoisotopic (exact) mass is 552 g/mol. The number of methoxy groups -OCH3 is 1. The Hall–Kier alpha value is -2.72. The van der Waals surface area contributed by atoms with E-state index in [0.29, 0.717) is 31.7 Å². The minimum absolute atomic E-state index is 0.0818. The predicted molar refractivity (Wildman–Crippen MR) is 151 cm³/mol. The van der Waals surface area contributed by atoms with Crippen molar-refractivity contribution in [2.45, 2.75) is 76.0 Å². The highest BCUT2D eigenvalue weighted by Crippen LogP contribution is 2.48. The third-order valence-electron chi connectivity index (χ3n) is 8.78. The van der Waals surface area contributed by atoms with Crippen LogP contribution in [-0.2, 0) is 27.3 Å². The molecular weight excluding hydrogens is 512 g/mol. The molecule has 2 aromatic carbocycles. The molecule has 1 unspecified atom stereocenters. The van der Waals surface area contributed by atoms with Crippen LogP contribution in [0.25, 0.3) is 0 Å². The summed E-state index contributed by atoms with van der Waals surface area (Å²) in [5.74, 6) is 0.567. The number of carbonyl (C=O) groups is 2. The molecule has 2 amide bonds. The minimum atomic E-state index is -2.89. The number of carbonyl (C=O) groups excluding carboxylic acids is 2. The first-order valence-electron chi connectivity index (χ1n) is 14.0. The van der Waals surface area contributed by atoms with Crippen molar-refractivity contribution in [3.05, 3.63) is 59.2 Å². The molecule has 0 aromatic heterocycles. The van der Waals surface area contributed by atoms with E-state index in [1.54, 1.807) is 12.0 Å². The van der Waals surface area contributed by atoms with Crippen LogP contribution >= 0.6 is 0 Å². The zero-order valence-corrected chi connectivity index (χ0v) is 24.3. The van der Waals surface area contributed by atoms with Gasteiger partial charge in [-0.05, 0) is 55.3 Å². The van der Waals surface area contributed by atoms with Gasteiger partial charge in [-0.2, -0.15) is 0 Å². The number of rotatable bonds is 7. The van der Waals surface area contributed by atoms with Gasteiger partial charge in [0.25, 0.3) is 0 Å². The molecule has 0 radical (unpaired) electrons. The van der Waals surface area contributed by atoms with Crippen molar-refractivity contribution >= 4 is 25.8 Å². The highest BCUT2D eigenvalue weighted by Gasteiger charge is 2.48. The molecule has 0 bridgehead atoms. The molecule has 3 aliphatic heterocycles. The molecule has 5 atom stereocenters. The molecule has 9 heteroatoms. The van der Waals surface area contributed by atoms with E-state index in [9.17, 15) is 19.5 Å². The Bertz CT molecular complexity index is 1230. The summed E-state index contributed by atoms with van der Waals surface area (Å²) >= 11 is 0. The van der Waals surface area contributed by atoms with Crippen molar-refractivity contribution in [2.75, 3.05) is 25.2 Å². The average molecular weight is 553 g/mol. The van der Waals surface area contributed by atoms with Crippen LogP contribution in [0.3, 0.4) is 0 Å². The zero-order valence-electron chi connectivity index (χ0n) is 23.3. The first-order chi connectivity index (χ1) is 18.6. The Labute approximate surface area is 231 Å². The van der Waals surface area contributed by atoms with Gasteiger partial charge < -0.3 is 29.2 Å². The van der Waals surface area contributed by atoms with Gasteiger partial charge in [-0.1, -0.05) is 31.2 Å². The number of hydrogen-bond acceptors (Lipinski definition) is 6. The number of amides is 2. The molecule has 0 spiro atoms. The van der Waals surface area contributed by atoms with Gasteiger partial charge in [-0.15, -0.1) is 0 Å². The van der Waals surface area contributed by atoms with E-state index in [0.717, 1.165) is 28.8 Å². The maximum Gasteiger partial charge on any atom is 0.227 e. The van der Waals surface area contributed by atoms with Gasteiger partial charge in [-0.25, -0.2) is 0 Å². The van der Waals surface area contributed by atoms with E-state index in [2.05, 4.69) is 6.07 Å². The quantitative estimate of drug-likeness (QED) is 0.507. The standard InChI is InChI=1S/C30H40N2O6Si/c1-19-29(37-2)24-15-22(31-13-7-10-27(31)34)11-12-25(24)38-30(19)26(39(3,4)36)16-28(35)32-17-21-9-6-5-8-20(21)14-23(32)18-33/h5-6,8-9,11-12,15,19,23,26,29-30,33,36H,7,10,13-14,16-18H2,1-4H3/t19-,23-,26?,29-,30-/m0/s1. The second-order valence-corrected chi connectivity index (χ2v) is 15.8. The summed E-state index contributed by atoms with van der Waals surface area (Å²) in [7, 11) is -1.23. The van der Waals surface area contributed by atoms with Crippen LogP contribution in [0.1, 0.15) is 49.0 Å². The Balaban J connectivity index is 1.41. The van der Waals surface area contributed by atoms with Gasteiger partial charge >= 0.3 is 0 Å². The number of nitrogens with zero attached hydrogens (tertiary/aromatic N) is 2. The largest absolute Gasteiger partial charge is 0.490 e. The molecule has 210 valence electrons. The molecule has 1 saturated heterocycles. The molecule has 3 aliphatic rings. The topological polar surface area (TPSA) is 99.5 Å². The predicted octanol–water partition coefficient (Wildman–Crippen LogP) is 3.80. The van der Waals surface area contributed by atoms with Crippen molar-refractivity contribution in [2.24, 2.45) is 5.92 Å². The Morgan fingerprint density at radius 3 is 2.59 bits per heavy atom. The Morgan fingerprint density at radius 1 is 1.21 bits per heavy atom. The summed E-state index contributed by atoms with van der Waals surface area (Å²) in [6.45, 7) is 6.80. The SMILES string of the molecule is CO[C@@H]1c2cc(N3CCCC3=O)ccc2O[C@H](C(CC(=O)N2Cc3ccccc3C[C@H]2CO)[Si](C)(C)O)[C@H]1C. The van der Waals surface area contributed by atoms with Crippen LogP contribution in [0.2, 0.25) is 18.6 Å². The van der Waals surface area contributed by atoms with E-state index in [4.69, 9.17) is 9.47 Å². The summed E-state index contributed by atoms with van der Waals surface area (Å²) in [6.07, 6.45) is 1.42. The Morgan fingerprint density at radius 2 is 1.95 bits per heavy atom. The molecule has 2 aromatic rings. The minimum Gasteiger partial charge on any atom is -0.490 e. The summed E-state index contributed by atoms with van der Waals surface area (Å²) < 4.78 is 12.6. The number of benzene rings is 2. The van der Waals surface area contributed by atoms with Gasteiger partial charge in [0.1, 0.15) is 11.9 Å². The first-order valence-corrected chi connectivity index (χ1v) is 17.0. The molecule has 3 heterocycles. The molecule has 8 nitrogen and oxygen atoms in total. The number of aliphatic hydroxyl groups is 1. The molecule has 0 aliphatic carbocycles. The lowest BCUT2D eigenvalue weighted by Gasteiger charge is -2.44. The van der Waals surface area contributed by atoms with Gasteiger partial charge in [0.2, 0.25) is 11.8 Å². The normalized spacial score (nSPS) is 25.6. The fourth-order valence-electron chi connectivity index (χ4n) is 6.57. The van der Waals surface area contributed by atoms with E-state index in [1.165, 1.54) is 0 Å². The van der Waals surface area contributed by atoms with Crippen molar-refractivity contribution in [1.29, 1.82) is 0 Å². The summed E-state index contributed by atoms with van der Waals surface area (Å²) in [5.41, 5.74) is 3.59. The number of fused-ring (bicyclic) bond motifs is 2. The van der Waals surface area contributed by atoms with E-state index >= 15 is 0 Å². The van der Waals surface area contributed by atoms with Crippen LogP contribution in [0, 0.1) is 5.92 Å². The smallest absolute Gasteiger partial charge is 0.227 e. The van der Waals surface area contributed by atoms with Crippen molar-refractivity contribution in [3.8, 4) is 5.75 Å². The number of anilines is 1. The van der Waals surface area contributed by atoms with Crippen LogP contribution in [0.4, 0.5) is 5.69 Å². The van der Waals surface area contributed by atoms with Gasteiger partial charge in [0.05, 0.1) is 18.8 Å². The maximum atomic E-state index is 13.8. The number of hydrogen-bond donors (Lipinski definition) is 2. The van der Waals surface area contributed by atoms with Crippen LogP contribution in [0.15, 0.2) is 42.5 Å². The van der Waals surface area contributed by atoms with Crippen LogP contribution in [0.5, 0.6) is 5.75 Å². The highest BCUT2D eigenvalue weighted by atomic mass is 28.4. The lowest BCUT2D eigenvalue weighted by Crippen LogP contribution is -2.52. The molecule has 39 heavy (non-hydrogen) atoms. The van der Waals surface area contributed by atoms with Crippen molar-refractivity contribution in [3.63, 3.8) is 0 Å². The average Bonchev–Trinajstić information content (AvgIpc) is 3.35. The van der Waals surface area contributed by atoms with Crippen LogP contribution in [-0.4, -0.2) is 67.3 Å². The number of aliphatic hydroxyl groups excluding tert-OH is 1. The first kappa shape index (κ1) is 27.8. The highest BCUT2D eigenvalue weighted by molar-refractivity contribution is 6.71. The van der Waals surface area contributed by atoms with Crippen molar-refractivity contribution < 1.29 is 29.0 Å². The molecule has 1 fully saturated rings. The van der Waals surface area contributed by atoms with Crippen LogP contribution < -0.4 is 9.64 Å². The molecular formula is C30H40N2O6Si. The van der Waals surface area contributed by atoms with E-state index < -0.39 is 14.4 Å². The second-order valence-electron chi connectivity index (χ2n) is 11.8. The van der Waals surface area contributed by atoms with E-state index in [1.807, 2.05) is 61.3 Å². The van der Waals surface area contributed by atoms with E-state index in [-0.39, 0.29) is 48.4 Å². The summed E-state index contributed by atoms with van der Waals surface area (Å²) in [5, 5.41) is 10.1. The molecule has 5 rings (SSSR count). The van der Waals surface area contributed by atoms with Gasteiger partial charge in [0.15, 0.2) is 8.32 Å². The Kier molecular flexibility index (Phi) is 7.88. The fraction of sp³-hybridized carbons (Fsp3) is 0.533.